The molecule has 4 nitrogen and oxygen atoms in total. The molecular formula is C15H11N3O. The van der Waals surface area contributed by atoms with Crippen LogP contribution in [0, 0.1) is 0 Å². The van der Waals surface area contributed by atoms with Crippen molar-refractivity contribution in [3.8, 4) is 0 Å². The van der Waals surface area contributed by atoms with Crippen molar-refractivity contribution in [2.75, 3.05) is 0 Å². The average Bonchev–Trinajstić information content (AvgIpc) is 2.90. The third-order valence-corrected chi connectivity index (χ3v) is 2.73. The van der Waals surface area contributed by atoms with E-state index >= 15 is 0 Å². The molecule has 1 N–H and O–H groups in total. The maximum Gasteiger partial charge on any atom is 0.221 e. The van der Waals surface area contributed by atoms with Crippen molar-refractivity contribution in [1.82, 2.24) is 15.0 Å². The Morgan fingerprint density at radius 3 is 2.84 bits per heavy atom. The van der Waals surface area contributed by atoms with Crippen LogP contribution in [0.25, 0.3) is 17.1 Å². The van der Waals surface area contributed by atoms with Gasteiger partial charge < -0.3 is 4.98 Å². The van der Waals surface area contributed by atoms with Gasteiger partial charge in [-0.25, -0.2) is 4.98 Å². The summed E-state index contributed by atoms with van der Waals surface area (Å²) in [6.45, 7) is 0. The van der Waals surface area contributed by atoms with Gasteiger partial charge in [0.15, 0.2) is 5.82 Å². The first kappa shape index (κ1) is 11.3. The normalized spacial score (nSPS) is 11.2. The number of pyridine rings is 1. The molecule has 4 heteroatoms. The van der Waals surface area contributed by atoms with Crippen molar-refractivity contribution in [3.05, 3.63) is 66.3 Å². The summed E-state index contributed by atoms with van der Waals surface area (Å²) in [7, 11) is 0. The Labute approximate surface area is 109 Å². The van der Waals surface area contributed by atoms with E-state index in [0.29, 0.717) is 5.82 Å². The minimum atomic E-state index is -0.153. The monoisotopic (exact) mass is 249 g/mol. The molecule has 92 valence electrons. The number of fused-ring (bicyclic) bond motifs is 1. The summed E-state index contributed by atoms with van der Waals surface area (Å²) >= 11 is 0. The minimum absolute atomic E-state index is 0.153. The first-order valence-electron chi connectivity index (χ1n) is 5.90. The summed E-state index contributed by atoms with van der Waals surface area (Å²) in [5, 5.41) is 0. The van der Waals surface area contributed by atoms with E-state index in [0.717, 1.165) is 16.6 Å². The minimum Gasteiger partial charge on any atom is -0.335 e. The molecular weight excluding hydrogens is 238 g/mol. The van der Waals surface area contributed by atoms with Crippen molar-refractivity contribution in [2.24, 2.45) is 0 Å². The Kier molecular flexibility index (Phi) is 2.90. The Morgan fingerprint density at radius 2 is 2.05 bits per heavy atom. The molecule has 0 atom stereocenters. The molecule has 0 fully saturated rings. The summed E-state index contributed by atoms with van der Waals surface area (Å²) in [4.78, 5) is 23.2. The van der Waals surface area contributed by atoms with E-state index in [1.807, 2.05) is 36.4 Å². The molecule has 0 spiro atoms. The molecule has 0 bridgehead atoms. The lowest BCUT2D eigenvalue weighted by Crippen LogP contribution is -1.96. The van der Waals surface area contributed by atoms with Crippen molar-refractivity contribution in [1.29, 1.82) is 0 Å². The molecule has 2 aromatic heterocycles. The van der Waals surface area contributed by atoms with Crippen molar-refractivity contribution >= 4 is 22.9 Å². The SMILES string of the molecule is O=C(/C=C/c1cccnc1)c1nc2ccccc2[nH]1. The second-order valence-electron chi connectivity index (χ2n) is 4.09. The number of benzene rings is 1. The summed E-state index contributed by atoms with van der Waals surface area (Å²) in [6.07, 6.45) is 6.61. The lowest BCUT2D eigenvalue weighted by atomic mass is 10.2. The molecule has 19 heavy (non-hydrogen) atoms. The fraction of sp³-hybridized carbons (Fsp3) is 0. The molecule has 0 saturated heterocycles. The summed E-state index contributed by atoms with van der Waals surface area (Å²) in [5.74, 6) is 0.196. The van der Waals surface area contributed by atoms with E-state index in [1.165, 1.54) is 6.08 Å². The number of carbonyl (C=O) groups excluding carboxylic acids is 1. The second kappa shape index (κ2) is 4.86. The number of carbonyl (C=O) groups is 1. The number of hydrogen-bond donors (Lipinski definition) is 1. The molecule has 2 heterocycles. The number of para-hydroxylation sites is 2. The van der Waals surface area contributed by atoms with Gasteiger partial charge in [0.05, 0.1) is 11.0 Å². The quantitative estimate of drug-likeness (QED) is 0.573. The van der Waals surface area contributed by atoms with Crippen LogP contribution in [0.4, 0.5) is 0 Å². The van der Waals surface area contributed by atoms with Gasteiger partial charge in [-0.1, -0.05) is 18.2 Å². The highest BCUT2D eigenvalue weighted by molar-refractivity contribution is 6.05. The fourth-order valence-corrected chi connectivity index (χ4v) is 1.79. The number of imidazole rings is 1. The van der Waals surface area contributed by atoms with Gasteiger partial charge in [-0.05, 0) is 35.9 Å². The van der Waals surface area contributed by atoms with Gasteiger partial charge in [-0.3, -0.25) is 9.78 Å². The van der Waals surface area contributed by atoms with Crippen LogP contribution in [0.3, 0.4) is 0 Å². The molecule has 3 rings (SSSR count). The lowest BCUT2D eigenvalue weighted by molar-refractivity contribution is 0.103. The van der Waals surface area contributed by atoms with Gasteiger partial charge in [0, 0.05) is 12.4 Å². The van der Waals surface area contributed by atoms with Crippen LogP contribution in [0.1, 0.15) is 16.2 Å². The van der Waals surface area contributed by atoms with Crippen molar-refractivity contribution in [2.45, 2.75) is 0 Å². The van der Waals surface area contributed by atoms with Gasteiger partial charge in [0.1, 0.15) is 0 Å². The van der Waals surface area contributed by atoms with Gasteiger partial charge in [0.25, 0.3) is 0 Å². The van der Waals surface area contributed by atoms with Crippen LogP contribution in [0.15, 0.2) is 54.9 Å². The van der Waals surface area contributed by atoms with Crippen LogP contribution in [0.5, 0.6) is 0 Å². The van der Waals surface area contributed by atoms with E-state index < -0.39 is 0 Å². The third-order valence-electron chi connectivity index (χ3n) is 2.73. The van der Waals surface area contributed by atoms with Gasteiger partial charge in [-0.15, -0.1) is 0 Å². The Balaban J connectivity index is 1.86. The first-order chi connectivity index (χ1) is 9.33. The van der Waals surface area contributed by atoms with E-state index in [9.17, 15) is 4.79 Å². The number of rotatable bonds is 3. The molecule has 3 aromatic rings. The maximum absolute atomic E-state index is 12.0. The van der Waals surface area contributed by atoms with Crippen LogP contribution in [-0.2, 0) is 0 Å². The number of H-pyrrole nitrogens is 1. The third kappa shape index (κ3) is 2.42. The molecule has 0 amide bonds. The van der Waals surface area contributed by atoms with Crippen molar-refractivity contribution in [3.63, 3.8) is 0 Å². The molecule has 0 aliphatic carbocycles. The first-order valence-corrected chi connectivity index (χ1v) is 5.90. The van der Waals surface area contributed by atoms with E-state index in [4.69, 9.17) is 0 Å². The Hall–Kier alpha value is -2.75. The number of nitrogens with one attached hydrogen (secondary N) is 1. The predicted molar refractivity (Wildman–Crippen MR) is 73.7 cm³/mol. The average molecular weight is 249 g/mol. The predicted octanol–water partition coefficient (Wildman–Crippen LogP) is 2.85. The van der Waals surface area contributed by atoms with Gasteiger partial charge in [0.2, 0.25) is 5.78 Å². The van der Waals surface area contributed by atoms with E-state index in [-0.39, 0.29) is 5.78 Å². The standard InChI is InChI=1S/C15H11N3O/c19-14(8-7-11-4-3-9-16-10-11)15-17-12-5-1-2-6-13(12)18-15/h1-10H,(H,17,18)/b8-7+. The Bertz CT molecular complexity index is 711. The molecule has 0 saturated carbocycles. The van der Waals surface area contributed by atoms with Gasteiger partial charge >= 0.3 is 0 Å². The van der Waals surface area contributed by atoms with Crippen LogP contribution in [-0.4, -0.2) is 20.7 Å². The fourth-order valence-electron chi connectivity index (χ4n) is 1.79. The lowest BCUT2D eigenvalue weighted by Gasteiger charge is -1.90. The summed E-state index contributed by atoms with van der Waals surface area (Å²) in [5.41, 5.74) is 2.54. The zero-order chi connectivity index (χ0) is 13.1. The molecule has 0 radical (unpaired) electrons. The van der Waals surface area contributed by atoms with E-state index in [1.54, 1.807) is 18.5 Å². The van der Waals surface area contributed by atoms with Crippen molar-refractivity contribution < 1.29 is 4.79 Å². The van der Waals surface area contributed by atoms with E-state index in [2.05, 4.69) is 15.0 Å². The largest absolute Gasteiger partial charge is 0.335 e. The highest BCUT2D eigenvalue weighted by atomic mass is 16.1. The number of allylic oxidation sites excluding steroid dienone is 1. The topological polar surface area (TPSA) is 58.6 Å². The number of aromatic amines is 1. The molecule has 0 unspecified atom stereocenters. The summed E-state index contributed by atoms with van der Waals surface area (Å²) in [6, 6.07) is 11.3. The second-order valence-corrected chi connectivity index (χ2v) is 4.09. The zero-order valence-electron chi connectivity index (χ0n) is 10.1. The molecule has 0 aliphatic rings. The Morgan fingerprint density at radius 1 is 1.16 bits per heavy atom. The number of hydrogen-bond acceptors (Lipinski definition) is 3. The van der Waals surface area contributed by atoms with Crippen LogP contribution < -0.4 is 0 Å². The summed E-state index contributed by atoms with van der Waals surface area (Å²) < 4.78 is 0. The maximum atomic E-state index is 12.0. The highest BCUT2D eigenvalue weighted by Gasteiger charge is 2.07. The van der Waals surface area contributed by atoms with Crippen LogP contribution in [0.2, 0.25) is 0 Å². The van der Waals surface area contributed by atoms with Crippen LogP contribution >= 0.6 is 0 Å². The number of aromatic nitrogens is 3. The zero-order valence-corrected chi connectivity index (χ0v) is 10.1. The molecule has 0 aliphatic heterocycles. The number of ketones is 1. The smallest absolute Gasteiger partial charge is 0.221 e. The highest BCUT2D eigenvalue weighted by Crippen LogP contribution is 2.11. The molecule has 1 aromatic carbocycles. The number of nitrogens with zero attached hydrogens (tertiary/aromatic N) is 2. The van der Waals surface area contributed by atoms with Gasteiger partial charge in [-0.2, -0.15) is 0 Å².